The summed E-state index contributed by atoms with van der Waals surface area (Å²) in [6.07, 6.45) is 0.995. The number of rotatable bonds is 8. The lowest BCUT2D eigenvalue weighted by atomic mass is 9.82. The minimum absolute atomic E-state index is 0.00640. The maximum Gasteiger partial charge on any atom is 0.355 e. The molecule has 8 heteroatoms. The predicted molar refractivity (Wildman–Crippen MR) is 126 cm³/mol. The lowest BCUT2D eigenvalue weighted by molar-refractivity contribution is -0.162. The number of nitrogens with zero attached hydrogens (tertiary/aromatic N) is 1. The van der Waals surface area contributed by atoms with Crippen LogP contribution in [0.1, 0.15) is 29.3 Å². The molecule has 2 aliphatic heterocycles. The van der Waals surface area contributed by atoms with Crippen LogP contribution in [0.4, 0.5) is 5.69 Å². The molecule has 0 bridgehead atoms. The van der Waals surface area contributed by atoms with Gasteiger partial charge in [-0.15, -0.1) is 0 Å². The van der Waals surface area contributed by atoms with Gasteiger partial charge in [0.1, 0.15) is 18.1 Å². The number of carbonyl (C=O) groups is 3. The van der Waals surface area contributed by atoms with Crippen LogP contribution in [0.2, 0.25) is 0 Å². The summed E-state index contributed by atoms with van der Waals surface area (Å²) in [7, 11) is 1.57. The van der Waals surface area contributed by atoms with Gasteiger partial charge < -0.3 is 24.8 Å². The molecule has 34 heavy (non-hydrogen) atoms. The van der Waals surface area contributed by atoms with Gasteiger partial charge in [-0.3, -0.25) is 9.59 Å². The van der Waals surface area contributed by atoms with E-state index in [1.165, 1.54) is 11.0 Å². The summed E-state index contributed by atoms with van der Waals surface area (Å²) in [5.41, 5.74) is 2.40. The number of amides is 2. The Hall–Kier alpha value is -3.91. The molecule has 0 aliphatic carbocycles. The fraction of sp³-hybridized carbons (Fsp3) is 0.269. The average molecular weight is 463 g/mol. The van der Waals surface area contributed by atoms with Gasteiger partial charge in [-0.1, -0.05) is 24.8 Å². The van der Waals surface area contributed by atoms with Gasteiger partial charge in [0.25, 0.3) is 5.91 Å². The Labute approximate surface area is 197 Å². The molecular formula is C26H26N2O6. The molecular weight excluding hydrogens is 436 g/mol. The molecule has 8 nitrogen and oxygen atoms in total. The van der Waals surface area contributed by atoms with Gasteiger partial charge in [-0.2, -0.15) is 0 Å². The normalized spacial score (nSPS) is 19.7. The van der Waals surface area contributed by atoms with E-state index >= 15 is 0 Å². The number of carbonyl (C=O) groups excluding carboxylic acids is 3. The first-order valence-corrected chi connectivity index (χ1v) is 10.9. The topological polar surface area (TPSA) is 105 Å². The second-order valence-corrected chi connectivity index (χ2v) is 8.22. The summed E-state index contributed by atoms with van der Waals surface area (Å²) in [4.78, 5) is 39.8. The molecule has 0 aromatic heterocycles. The molecule has 3 unspecified atom stereocenters. The third kappa shape index (κ3) is 4.20. The van der Waals surface area contributed by atoms with Crippen LogP contribution in [-0.4, -0.2) is 53.7 Å². The first kappa shape index (κ1) is 23.3. The number of fused-ring (bicyclic) bond motifs is 1. The van der Waals surface area contributed by atoms with Gasteiger partial charge in [0, 0.05) is 11.3 Å². The third-order valence-electron chi connectivity index (χ3n) is 6.08. The molecule has 2 amide bonds. The average Bonchev–Trinajstić information content (AvgIpc) is 3.18. The second-order valence-electron chi connectivity index (χ2n) is 8.22. The Kier molecular flexibility index (Phi) is 6.51. The van der Waals surface area contributed by atoms with Crippen LogP contribution < -0.4 is 10.1 Å². The van der Waals surface area contributed by atoms with Gasteiger partial charge >= 0.3 is 5.97 Å². The van der Waals surface area contributed by atoms with Crippen molar-refractivity contribution in [2.45, 2.75) is 25.5 Å². The largest absolute Gasteiger partial charge is 0.497 e. The van der Waals surface area contributed by atoms with E-state index in [1.54, 1.807) is 62.6 Å². The van der Waals surface area contributed by atoms with Crippen molar-refractivity contribution in [2.24, 2.45) is 5.92 Å². The first-order chi connectivity index (χ1) is 16.3. The van der Waals surface area contributed by atoms with Crippen molar-refractivity contribution in [3.8, 4) is 5.75 Å². The van der Waals surface area contributed by atoms with Gasteiger partial charge in [0.2, 0.25) is 5.91 Å². The Morgan fingerprint density at radius 3 is 2.65 bits per heavy atom. The van der Waals surface area contributed by atoms with E-state index in [9.17, 15) is 19.5 Å². The summed E-state index contributed by atoms with van der Waals surface area (Å²) in [6, 6.07) is 13.5. The van der Waals surface area contributed by atoms with Crippen LogP contribution in [0.15, 0.2) is 66.9 Å². The fourth-order valence-electron chi connectivity index (χ4n) is 4.45. The number of hydrogen-bond acceptors (Lipinski definition) is 6. The number of anilines is 1. The van der Waals surface area contributed by atoms with Gasteiger partial charge in [0.05, 0.1) is 25.2 Å². The standard InChI is InChI=1S/C26H26N2O6/c1-4-12-34-26(32)23-20(14-21-22(15(2)29)25(31)28(21)23)16-6-5-7-17(13-16)24(30)27-18-8-10-19(33-3)11-9-18/h4-11,13,15,21-22,29H,1,12,14H2,2-3H3,(H,27,30). The highest BCUT2D eigenvalue weighted by Crippen LogP contribution is 2.47. The van der Waals surface area contributed by atoms with E-state index in [2.05, 4.69) is 11.9 Å². The highest BCUT2D eigenvalue weighted by Gasteiger charge is 2.57. The third-order valence-corrected chi connectivity index (χ3v) is 6.08. The molecule has 1 saturated heterocycles. The maximum absolute atomic E-state index is 12.9. The molecule has 0 spiro atoms. The molecule has 2 aliphatic rings. The zero-order valence-electron chi connectivity index (χ0n) is 19.0. The number of benzene rings is 2. The second kappa shape index (κ2) is 9.52. The number of esters is 1. The van der Waals surface area contributed by atoms with E-state index < -0.39 is 18.0 Å². The minimum atomic E-state index is -0.833. The van der Waals surface area contributed by atoms with Gasteiger partial charge in [-0.05, 0) is 60.9 Å². The molecule has 2 heterocycles. The highest BCUT2D eigenvalue weighted by molar-refractivity contribution is 6.08. The number of methoxy groups -OCH3 is 1. The SMILES string of the molecule is C=CCOC(=O)C1=C(c2cccc(C(=O)Nc3ccc(OC)cc3)c2)CC2C(C(C)O)C(=O)N12. The van der Waals surface area contributed by atoms with Crippen LogP contribution in [0.25, 0.3) is 5.57 Å². The smallest absolute Gasteiger partial charge is 0.355 e. The summed E-state index contributed by atoms with van der Waals surface area (Å²) in [5, 5.41) is 12.9. The minimum Gasteiger partial charge on any atom is -0.497 e. The van der Waals surface area contributed by atoms with Crippen LogP contribution in [0.3, 0.4) is 0 Å². The van der Waals surface area contributed by atoms with E-state index in [0.717, 1.165) is 0 Å². The molecule has 1 fully saturated rings. The van der Waals surface area contributed by atoms with Crippen LogP contribution in [0.5, 0.6) is 5.75 Å². The maximum atomic E-state index is 12.9. The molecule has 3 atom stereocenters. The summed E-state index contributed by atoms with van der Waals surface area (Å²) < 4.78 is 10.4. The zero-order valence-corrected chi connectivity index (χ0v) is 19.0. The van der Waals surface area contributed by atoms with Crippen molar-refractivity contribution >= 4 is 29.0 Å². The van der Waals surface area contributed by atoms with Crippen molar-refractivity contribution in [1.82, 2.24) is 4.90 Å². The van der Waals surface area contributed by atoms with Crippen LogP contribution >= 0.6 is 0 Å². The van der Waals surface area contributed by atoms with Crippen molar-refractivity contribution in [1.29, 1.82) is 0 Å². The number of aliphatic hydroxyl groups is 1. The van der Waals surface area contributed by atoms with Crippen LogP contribution in [0, 0.1) is 5.92 Å². The van der Waals surface area contributed by atoms with E-state index in [-0.39, 0.29) is 30.2 Å². The lowest BCUT2D eigenvalue weighted by Gasteiger charge is -2.44. The first-order valence-electron chi connectivity index (χ1n) is 10.9. The Morgan fingerprint density at radius 1 is 1.26 bits per heavy atom. The molecule has 2 aromatic carbocycles. The molecule has 0 radical (unpaired) electrons. The van der Waals surface area contributed by atoms with Crippen LogP contribution in [-0.2, 0) is 14.3 Å². The molecule has 2 aromatic rings. The van der Waals surface area contributed by atoms with Crippen molar-refractivity contribution in [3.05, 3.63) is 78.0 Å². The highest BCUT2D eigenvalue weighted by atomic mass is 16.5. The number of ether oxygens (including phenoxy) is 2. The van der Waals surface area contributed by atoms with E-state index in [0.29, 0.717) is 34.6 Å². The van der Waals surface area contributed by atoms with Gasteiger partial charge in [0.15, 0.2) is 0 Å². The number of nitrogens with one attached hydrogen (secondary N) is 1. The number of β-lactam (4-membered cyclic amide) rings is 1. The zero-order chi connectivity index (χ0) is 24.4. The summed E-state index contributed by atoms with van der Waals surface area (Å²) >= 11 is 0. The van der Waals surface area contributed by atoms with Crippen molar-refractivity contribution in [2.75, 3.05) is 19.0 Å². The fourth-order valence-corrected chi connectivity index (χ4v) is 4.45. The van der Waals surface area contributed by atoms with E-state index in [4.69, 9.17) is 9.47 Å². The summed E-state index contributed by atoms with van der Waals surface area (Å²) in [5.74, 6) is -1.17. The number of hydrogen-bond donors (Lipinski definition) is 2. The Morgan fingerprint density at radius 2 is 2.00 bits per heavy atom. The number of aliphatic hydroxyl groups excluding tert-OH is 1. The Bertz CT molecular complexity index is 1170. The van der Waals surface area contributed by atoms with E-state index in [1.807, 2.05) is 0 Å². The molecule has 2 N–H and O–H groups in total. The monoisotopic (exact) mass is 462 g/mol. The van der Waals surface area contributed by atoms with Crippen molar-refractivity contribution < 1.29 is 29.0 Å². The van der Waals surface area contributed by atoms with Crippen molar-refractivity contribution in [3.63, 3.8) is 0 Å². The quantitative estimate of drug-likeness (QED) is 0.355. The summed E-state index contributed by atoms with van der Waals surface area (Å²) in [6.45, 7) is 5.12. The molecule has 4 rings (SSSR count). The molecule has 176 valence electrons. The molecule has 0 saturated carbocycles. The van der Waals surface area contributed by atoms with Gasteiger partial charge in [-0.25, -0.2) is 4.79 Å². The lowest BCUT2D eigenvalue weighted by Crippen LogP contribution is -2.61. The Balaban J connectivity index is 1.63. The predicted octanol–water partition coefficient (Wildman–Crippen LogP) is 3.00.